The van der Waals surface area contributed by atoms with Crippen LogP contribution in [0.5, 0.6) is 0 Å². The molecule has 4 heteroatoms. The van der Waals surface area contributed by atoms with Crippen LogP contribution in [-0.4, -0.2) is 18.0 Å². The number of carbonyl (C=O) groups is 2. The van der Waals surface area contributed by atoms with E-state index in [4.69, 9.17) is 4.74 Å². The fraction of sp³-hybridized carbons (Fsp3) is 0.429. The summed E-state index contributed by atoms with van der Waals surface area (Å²) in [6.07, 6.45) is 0.318. The lowest BCUT2D eigenvalue weighted by molar-refractivity contribution is -0.147. The molecular formula is C14H17NO3. The van der Waals surface area contributed by atoms with E-state index in [0.717, 1.165) is 0 Å². The van der Waals surface area contributed by atoms with E-state index in [-0.39, 0.29) is 17.9 Å². The van der Waals surface area contributed by atoms with Crippen molar-refractivity contribution in [2.75, 3.05) is 5.32 Å². The maximum absolute atomic E-state index is 12.0. The molecule has 1 fully saturated rings. The number of esters is 1. The van der Waals surface area contributed by atoms with Crippen molar-refractivity contribution in [2.45, 2.75) is 26.4 Å². The molecule has 4 nitrogen and oxygen atoms in total. The van der Waals surface area contributed by atoms with Crippen molar-refractivity contribution in [3.05, 3.63) is 30.3 Å². The third-order valence-corrected chi connectivity index (χ3v) is 3.12. The SMILES string of the molecule is CC(C)[C@H]1C[C@@H](C(=O)Nc2ccccc2)C(=O)O1. The number of anilines is 1. The first kappa shape index (κ1) is 12.6. The highest BCUT2D eigenvalue weighted by Gasteiger charge is 2.40. The quantitative estimate of drug-likeness (QED) is 0.658. The fourth-order valence-corrected chi connectivity index (χ4v) is 1.98. The summed E-state index contributed by atoms with van der Waals surface area (Å²) in [5, 5.41) is 2.73. The van der Waals surface area contributed by atoms with Crippen LogP contribution in [-0.2, 0) is 14.3 Å². The van der Waals surface area contributed by atoms with Gasteiger partial charge in [-0.25, -0.2) is 0 Å². The van der Waals surface area contributed by atoms with Gasteiger partial charge in [0, 0.05) is 12.1 Å². The van der Waals surface area contributed by atoms with Gasteiger partial charge in [-0.2, -0.15) is 0 Å². The molecule has 1 aromatic rings. The van der Waals surface area contributed by atoms with E-state index < -0.39 is 11.9 Å². The van der Waals surface area contributed by atoms with Crippen LogP contribution in [0.15, 0.2) is 30.3 Å². The molecule has 1 aliphatic rings. The average molecular weight is 247 g/mol. The van der Waals surface area contributed by atoms with Crippen LogP contribution in [0.4, 0.5) is 5.69 Å². The first-order valence-electron chi connectivity index (χ1n) is 6.14. The Morgan fingerprint density at radius 3 is 2.56 bits per heavy atom. The molecule has 1 N–H and O–H groups in total. The zero-order chi connectivity index (χ0) is 13.1. The Morgan fingerprint density at radius 2 is 2.00 bits per heavy atom. The topological polar surface area (TPSA) is 55.4 Å². The highest BCUT2D eigenvalue weighted by molar-refractivity contribution is 6.05. The molecule has 1 aliphatic heterocycles. The van der Waals surface area contributed by atoms with Gasteiger partial charge in [-0.3, -0.25) is 9.59 Å². The highest BCUT2D eigenvalue weighted by Crippen LogP contribution is 2.27. The normalized spacial score (nSPS) is 22.9. The van der Waals surface area contributed by atoms with Gasteiger partial charge in [0.2, 0.25) is 5.91 Å². The van der Waals surface area contributed by atoms with Crippen LogP contribution in [0.2, 0.25) is 0 Å². The molecule has 0 spiro atoms. The molecule has 0 saturated carbocycles. The van der Waals surface area contributed by atoms with Crippen LogP contribution in [0.25, 0.3) is 0 Å². The van der Waals surface area contributed by atoms with Crippen molar-refractivity contribution >= 4 is 17.6 Å². The zero-order valence-corrected chi connectivity index (χ0v) is 10.6. The summed E-state index contributed by atoms with van der Waals surface area (Å²) >= 11 is 0. The Hall–Kier alpha value is -1.84. The molecule has 0 radical (unpaired) electrons. The van der Waals surface area contributed by atoms with E-state index in [1.54, 1.807) is 12.1 Å². The molecule has 2 atom stereocenters. The highest BCUT2D eigenvalue weighted by atomic mass is 16.6. The molecule has 1 amide bonds. The number of carbonyl (C=O) groups excluding carboxylic acids is 2. The van der Waals surface area contributed by atoms with Gasteiger partial charge in [-0.05, 0) is 18.1 Å². The Morgan fingerprint density at radius 1 is 1.33 bits per heavy atom. The summed E-state index contributed by atoms with van der Waals surface area (Å²) in [6, 6.07) is 9.11. The van der Waals surface area contributed by atoms with Crippen molar-refractivity contribution in [3.63, 3.8) is 0 Å². The number of hydrogen-bond acceptors (Lipinski definition) is 3. The van der Waals surface area contributed by atoms with E-state index in [1.807, 2.05) is 32.0 Å². The second-order valence-electron chi connectivity index (χ2n) is 4.86. The molecule has 18 heavy (non-hydrogen) atoms. The van der Waals surface area contributed by atoms with E-state index in [9.17, 15) is 9.59 Å². The average Bonchev–Trinajstić information content (AvgIpc) is 2.73. The van der Waals surface area contributed by atoms with E-state index in [2.05, 4.69) is 5.32 Å². The number of cyclic esters (lactones) is 1. The number of amides is 1. The van der Waals surface area contributed by atoms with Crippen molar-refractivity contribution in [1.29, 1.82) is 0 Å². The number of benzene rings is 1. The van der Waals surface area contributed by atoms with Crippen LogP contribution in [0.1, 0.15) is 20.3 Å². The number of rotatable bonds is 3. The molecule has 1 aromatic carbocycles. The minimum Gasteiger partial charge on any atom is -0.461 e. The monoisotopic (exact) mass is 247 g/mol. The van der Waals surface area contributed by atoms with Gasteiger partial charge in [0.15, 0.2) is 0 Å². The lowest BCUT2D eigenvalue weighted by Gasteiger charge is -2.11. The molecule has 0 unspecified atom stereocenters. The largest absolute Gasteiger partial charge is 0.461 e. The molecular weight excluding hydrogens is 230 g/mol. The molecule has 2 rings (SSSR count). The van der Waals surface area contributed by atoms with Gasteiger partial charge in [-0.15, -0.1) is 0 Å². The fourth-order valence-electron chi connectivity index (χ4n) is 1.98. The predicted octanol–water partition coefficient (Wildman–Crippen LogP) is 2.21. The third kappa shape index (κ3) is 2.70. The molecule has 0 aliphatic carbocycles. The summed E-state index contributed by atoms with van der Waals surface area (Å²) in [5.41, 5.74) is 0.697. The van der Waals surface area contributed by atoms with Crippen LogP contribution in [0, 0.1) is 11.8 Å². The minimum atomic E-state index is -0.683. The van der Waals surface area contributed by atoms with Gasteiger partial charge in [-0.1, -0.05) is 32.0 Å². The smallest absolute Gasteiger partial charge is 0.318 e. The number of para-hydroxylation sites is 1. The maximum Gasteiger partial charge on any atom is 0.318 e. The van der Waals surface area contributed by atoms with Crippen molar-refractivity contribution < 1.29 is 14.3 Å². The number of nitrogens with one attached hydrogen (secondary N) is 1. The van der Waals surface area contributed by atoms with E-state index >= 15 is 0 Å². The third-order valence-electron chi connectivity index (χ3n) is 3.12. The van der Waals surface area contributed by atoms with Gasteiger partial charge >= 0.3 is 5.97 Å². The Kier molecular flexibility index (Phi) is 3.65. The summed E-state index contributed by atoms with van der Waals surface area (Å²) in [6.45, 7) is 3.96. The van der Waals surface area contributed by atoms with Gasteiger partial charge in [0.05, 0.1) is 0 Å². The summed E-state index contributed by atoms with van der Waals surface area (Å²) < 4.78 is 5.19. The summed E-state index contributed by atoms with van der Waals surface area (Å²) in [7, 11) is 0. The Bertz CT molecular complexity index is 442. The van der Waals surface area contributed by atoms with Crippen molar-refractivity contribution in [3.8, 4) is 0 Å². The van der Waals surface area contributed by atoms with Crippen LogP contribution < -0.4 is 5.32 Å². The molecule has 1 saturated heterocycles. The first-order valence-corrected chi connectivity index (χ1v) is 6.14. The Labute approximate surface area is 106 Å². The minimum absolute atomic E-state index is 0.149. The maximum atomic E-state index is 12.0. The Balaban J connectivity index is 2.00. The second-order valence-corrected chi connectivity index (χ2v) is 4.86. The molecule has 0 aromatic heterocycles. The molecule has 0 bridgehead atoms. The van der Waals surface area contributed by atoms with Crippen LogP contribution >= 0.6 is 0 Å². The molecule has 96 valence electrons. The standard InChI is InChI=1S/C14H17NO3/c1-9(2)12-8-11(14(17)18-12)13(16)15-10-6-4-3-5-7-10/h3-7,9,11-12H,8H2,1-2H3,(H,15,16)/t11-,12+/m0/s1. The van der Waals surface area contributed by atoms with E-state index in [1.165, 1.54) is 0 Å². The van der Waals surface area contributed by atoms with Crippen LogP contribution in [0.3, 0.4) is 0 Å². The first-order chi connectivity index (χ1) is 8.58. The zero-order valence-electron chi connectivity index (χ0n) is 10.6. The lowest BCUT2D eigenvalue weighted by atomic mass is 9.97. The number of ether oxygens (including phenoxy) is 1. The lowest BCUT2D eigenvalue weighted by Crippen LogP contribution is -2.26. The van der Waals surface area contributed by atoms with Gasteiger partial charge in [0.25, 0.3) is 0 Å². The summed E-state index contributed by atoms with van der Waals surface area (Å²) in [4.78, 5) is 23.6. The van der Waals surface area contributed by atoms with Gasteiger partial charge < -0.3 is 10.1 Å². The van der Waals surface area contributed by atoms with Crippen molar-refractivity contribution in [1.82, 2.24) is 0 Å². The van der Waals surface area contributed by atoms with Crippen molar-refractivity contribution in [2.24, 2.45) is 11.8 Å². The summed E-state index contributed by atoms with van der Waals surface area (Å²) in [5.74, 6) is -1.14. The predicted molar refractivity (Wildman–Crippen MR) is 67.9 cm³/mol. The second kappa shape index (κ2) is 5.21. The van der Waals surface area contributed by atoms with Gasteiger partial charge in [0.1, 0.15) is 12.0 Å². The number of hydrogen-bond donors (Lipinski definition) is 1. The molecule has 1 heterocycles. The van der Waals surface area contributed by atoms with E-state index in [0.29, 0.717) is 12.1 Å².